The first-order valence-electron chi connectivity index (χ1n) is 8.30. The number of pyridine rings is 1. The number of urea groups is 1. The molecule has 1 N–H and O–H groups in total. The molecular formula is C17H22N4O3. The van der Waals surface area contributed by atoms with E-state index in [0.717, 1.165) is 29.9 Å². The molecule has 3 rings (SSSR count). The van der Waals surface area contributed by atoms with E-state index in [4.69, 9.17) is 0 Å². The maximum absolute atomic E-state index is 12.3. The van der Waals surface area contributed by atoms with Crippen molar-refractivity contribution in [2.45, 2.75) is 26.2 Å². The predicted octanol–water partition coefficient (Wildman–Crippen LogP) is 0.723. The van der Waals surface area contributed by atoms with Gasteiger partial charge in [-0.2, -0.15) is 0 Å². The quantitative estimate of drug-likeness (QED) is 0.825. The minimum Gasteiger partial charge on any atom is -0.341 e. The summed E-state index contributed by atoms with van der Waals surface area (Å²) in [6.07, 6.45) is 4.71. The number of carbonyl (C=O) groups is 3. The molecule has 0 radical (unpaired) electrons. The Kier molecular flexibility index (Phi) is 4.78. The third-order valence-electron chi connectivity index (χ3n) is 4.68. The lowest BCUT2D eigenvalue weighted by atomic mass is 9.90. The maximum atomic E-state index is 12.3. The van der Waals surface area contributed by atoms with E-state index in [1.807, 2.05) is 19.2 Å². The highest BCUT2D eigenvalue weighted by Gasteiger charge is 2.32. The number of aromatic nitrogens is 1. The van der Waals surface area contributed by atoms with Gasteiger partial charge in [-0.3, -0.25) is 19.5 Å². The Hall–Kier alpha value is -2.44. The predicted molar refractivity (Wildman–Crippen MR) is 87.1 cm³/mol. The van der Waals surface area contributed by atoms with Crippen LogP contribution in [0.15, 0.2) is 18.3 Å². The van der Waals surface area contributed by atoms with E-state index >= 15 is 0 Å². The monoisotopic (exact) mass is 330 g/mol. The SMILES string of the molecule is Cc1cc(CC2CCN(C(=O)CN3C(=O)CNC3=O)CC2)ccn1. The Morgan fingerprint density at radius 1 is 1.33 bits per heavy atom. The Bertz CT molecular complexity index is 637. The minimum atomic E-state index is -0.476. The molecule has 2 saturated heterocycles. The fourth-order valence-electron chi connectivity index (χ4n) is 3.30. The number of amides is 4. The molecule has 0 spiro atoms. The Morgan fingerprint density at radius 3 is 2.71 bits per heavy atom. The number of hydrogen-bond acceptors (Lipinski definition) is 4. The van der Waals surface area contributed by atoms with Crippen LogP contribution >= 0.6 is 0 Å². The first kappa shape index (κ1) is 16.4. The number of carbonyl (C=O) groups excluding carboxylic acids is 3. The fraction of sp³-hybridized carbons (Fsp3) is 0.529. The van der Waals surface area contributed by atoms with Gasteiger partial charge < -0.3 is 10.2 Å². The number of imide groups is 1. The third kappa shape index (κ3) is 3.72. The van der Waals surface area contributed by atoms with Crippen molar-refractivity contribution >= 4 is 17.8 Å². The molecule has 0 aromatic carbocycles. The summed E-state index contributed by atoms with van der Waals surface area (Å²) in [5, 5.41) is 2.43. The number of nitrogens with one attached hydrogen (secondary N) is 1. The molecule has 24 heavy (non-hydrogen) atoms. The zero-order valence-corrected chi connectivity index (χ0v) is 13.8. The van der Waals surface area contributed by atoms with Gasteiger partial charge in [0.2, 0.25) is 5.91 Å². The van der Waals surface area contributed by atoms with Crippen LogP contribution in [0.25, 0.3) is 0 Å². The topological polar surface area (TPSA) is 82.6 Å². The number of piperidine rings is 1. The van der Waals surface area contributed by atoms with Gasteiger partial charge in [0, 0.05) is 25.0 Å². The summed E-state index contributed by atoms with van der Waals surface area (Å²) in [6.45, 7) is 3.17. The van der Waals surface area contributed by atoms with Gasteiger partial charge in [-0.05, 0) is 49.8 Å². The van der Waals surface area contributed by atoms with Crippen LogP contribution in [0, 0.1) is 12.8 Å². The van der Waals surface area contributed by atoms with E-state index in [1.165, 1.54) is 5.56 Å². The van der Waals surface area contributed by atoms with Crippen LogP contribution < -0.4 is 5.32 Å². The largest absolute Gasteiger partial charge is 0.341 e. The molecule has 128 valence electrons. The molecule has 2 fully saturated rings. The number of rotatable bonds is 4. The number of hydrogen-bond donors (Lipinski definition) is 1. The molecular weight excluding hydrogens is 308 g/mol. The standard InChI is InChI=1S/C17H22N4O3/c1-12-8-14(2-5-18-12)9-13-3-6-20(7-4-13)16(23)11-21-15(22)10-19-17(21)24/h2,5,8,13H,3-4,6-7,9-11H2,1H3,(H,19,24). The molecule has 0 saturated carbocycles. The fourth-order valence-corrected chi connectivity index (χ4v) is 3.30. The maximum Gasteiger partial charge on any atom is 0.325 e. The van der Waals surface area contributed by atoms with E-state index in [9.17, 15) is 14.4 Å². The lowest BCUT2D eigenvalue weighted by Gasteiger charge is -2.32. The number of nitrogens with zero attached hydrogens (tertiary/aromatic N) is 3. The van der Waals surface area contributed by atoms with Crippen molar-refractivity contribution in [3.63, 3.8) is 0 Å². The lowest BCUT2D eigenvalue weighted by molar-refractivity contribution is -0.137. The van der Waals surface area contributed by atoms with E-state index in [2.05, 4.69) is 16.4 Å². The second-order valence-corrected chi connectivity index (χ2v) is 6.47. The van der Waals surface area contributed by atoms with Crippen molar-refractivity contribution < 1.29 is 14.4 Å². The zero-order valence-electron chi connectivity index (χ0n) is 13.8. The van der Waals surface area contributed by atoms with Crippen molar-refractivity contribution in [3.05, 3.63) is 29.6 Å². The smallest absolute Gasteiger partial charge is 0.325 e. The second-order valence-electron chi connectivity index (χ2n) is 6.47. The Morgan fingerprint density at radius 2 is 2.08 bits per heavy atom. The molecule has 4 amide bonds. The second kappa shape index (κ2) is 6.98. The summed E-state index contributed by atoms with van der Waals surface area (Å²) in [6, 6.07) is 3.67. The van der Waals surface area contributed by atoms with E-state index < -0.39 is 6.03 Å². The summed E-state index contributed by atoms with van der Waals surface area (Å²) < 4.78 is 0. The molecule has 3 heterocycles. The summed E-state index contributed by atoms with van der Waals surface area (Å²) >= 11 is 0. The average molecular weight is 330 g/mol. The van der Waals surface area contributed by atoms with Crippen LogP contribution in [0.3, 0.4) is 0 Å². The molecule has 0 aliphatic carbocycles. The lowest BCUT2D eigenvalue weighted by Crippen LogP contribution is -2.46. The molecule has 2 aliphatic heterocycles. The molecule has 7 heteroatoms. The summed E-state index contributed by atoms with van der Waals surface area (Å²) in [4.78, 5) is 42.3. The summed E-state index contributed by atoms with van der Waals surface area (Å²) in [5.74, 6) is 0.0578. The molecule has 7 nitrogen and oxygen atoms in total. The normalized spacial score (nSPS) is 18.9. The number of aryl methyl sites for hydroxylation is 1. The van der Waals surface area contributed by atoms with Gasteiger partial charge in [-0.1, -0.05) is 0 Å². The van der Waals surface area contributed by atoms with Crippen LogP contribution in [0.4, 0.5) is 4.79 Å². The first-order valence-corrected chi connectivity index (χ1v) is 8.30. The summed E-state index contributed by atoms with van der Waals surface area (Å²) in [5.41, 5.74) is 2.31. The highest BCUT2D eigenvalue weighted by molar-refractivity contribution is 6.04. The minimum absolute atomic E-state index is 0.0143. The van der Waals surface area contributed by atoms with Gasteiger partial charge in [-0.15, -0.1) is 0 Å². The summed E-state index contributed by atoms with van der Waals surface area (Å²) in [7, 11) is 0. The van der Waals surface area contributed by atoms with Gasteiger partial charge in [0.15, 0.2) is 0 Å². The van der Waals surface area contributed by atoms with Gasteiger partial charge in [-0.25, -0.2) is 4.79 Å². The van der Waals surface area contributed by atoms with Crippen LogP contribution in [0.1, 0.15) is 24.1 Å². The number of likely N-dealkylation sites (tertiary alicyclic amines) is 1. The van der Waals surface area contributed by atoms with Crippen LogP contribution in [-0.4, -0.2) is 58.8 Å². The van der Waals surface area contributed by atoms with E-state index in [-0.39, 0.29) is 24.9 Å². The highest BCUT2D eigenvalue weighted by atomic mass is 16.2. The van der Waals surface area contributed by atoms with Crippen molar-refractivity contribution in [2.24, 2.45) is 5.92 Å². The van der Waals surface area contributed by atoms with Crippen LogP contribution in [-0.2, 0) is 16.0 Å². The van der Waals surface area contributed by atoms with Gasteiger partial charge in [0.05, 0.1) is 6.54 Å². The Balaban J connectivity index is 1.48. The van der Waals surface area contributed by atoms with Crippen molar-refractivity contribution in [3.8, 4) is 0 Å². The Labute approximate surface area is 141 Å². The zero-order chi connectivity index (χ0) is 17.1. The van der Waals surface area contributed by atoms with Gasteiger partial charge in [0.25, 0.3) is 5.91 Å². The van der Waals surface area contributed by atoms with Crippen LogP contribution in [0.2, 0.25) is 0 Å². The molecule has 2 aliphatic rings. The molecule has 0 atom stereocenters. The van der Waals surface area contributed by atoms with Gasteiger partial charge in [0.1, 0.15) is 6.54 Å². The van der Waals surface area contributed by atoms with Crippen molar-refractivity contribution in [2.75, 3.05) is 26.2 Å². The average Bonchev–Trinajstić information content (AvgIpc) is 2.87. The third-order valence-corrected chi connectivity index (χ3v) is 4.68. The molecule has 1 aromatic rings. The molecule has 1 aromatic heterocycles. The van der Waals surface area contributed by atoms with Crippen LogP contribution in [0.5, 0.6) is 0 Å². The highest BCUT2D eigenvalue weighted by Crippen LogP contribution is 2.22. The van der Waals surface area contributed by atoms with Gasteiger partial charge >= 0.3 is 6.03 Å². The molecule has 0 bridgehead atoms. The van der Waals surface area contributed by atoms with Crippen molar-refractivity contribution in [1.29, 1.82) is 0 Å². The van der Waals surface area contributed by atoms with E-state index in [0.29, 0.717) is 19.0 Å². The first-order chi connectivity index (χ1) is 11.5. The van der Waals surface area contributed by atoms with E-state index in [1.54, 1.807) is 4.90 Å². The van der Waals surface area contributed by atoms with Crippen molar-refractivity contribution in [1.82, 2.24) is 20.1 Å². The molecule has 0 unspecified atom stereocenters.